The highest BCUT2D eigenvalue weighted by Crippen LogP contribution is 2.26. The van der Waals surface area contributed by atoms with Gasteiger partial charge in [0.05, 0.1) is 12.2 Å². The van der Waals surface area contributed by atoms with Gasteiger partial charge in [0.1, 0.15) is 12.0 Å². The van der Waals surface area contributed by atoms with E-state index in [-0.39, 0.29) is 0 Å². The van der Waals surface area contributed by atoms with Crippen molar-refractivity contribution in [2.24, 2.45) is 0 Å². The number of rotatable bonds is 4. The molecule has 0 unspecified atom stereocenters. The van der Waals surface area contributed by atoms with E-state index in [1.807, 2.05) is 18.2 Å². The van der Waals surface area contributed by atoms with Crippen molar-refractivity contribution in [1.82, 2.24) is 19.9 Å². The van der Waals surface area contributed by atoms with Gasteiger partial charge in [-0.2, -0.15) is 0 Å². The van der Waals surface area contributed by atoms with Gasteiger partial charge in [0.2, 0.25) is 0 Å². The summed E-state index contributed by atoms with van der Waals surface area (Å²) in [6, 6.07) is 5.82. The minimum atomic E-state index is 0.588. The summed E-state index contributed by atoms with van der Waals surface area (Å²) >= 11 is 0. The Balaban J connectivity index is 1.71. The first-order chi connectivity index (χ1) is 10.7. The first-order valence-corrected chi connectivity index (χ1v) is 7.42. The molecule has 0 aromatic carbocycles. The fraction of sp³-hybridized carbons (Fsp3) is 0.400. The maximum atomic E-state index is 6.25. The minimum Gasteiger partial charge on any atom is -0.393 e. The van der Waals surface area contributed by atoms with Crippen LogP contribution in [0.4, 0.5) is 17.3 Å². The van der Waals surface area contributed by atoms with Crippen LogP contribution in [0, 0.1) is 0 Å². The van der Waals surface area contributed by atoms with Crippen molar-refractivity contribution in [3.8, 4) is 0 Å². The molecule has 7 heteroatoms. The van der Waals surface area contributed by atoms with Gasteiger partial charge in [-0.3, -0.25) is 4.98 Å². The van der Waals surface area contributed by atoms with Crippen molar-refractivity contribution in [3.63, 3.8) is 0 Å². The van der Waals surface area contributed by atoms with E-state index in [1.54, 1.807) is 12.5 Å². The summed E-state index contributed by atoms with van der Waals surface area (Å²) in [5.74, 6) is 1.47. The zero-order chi connectivity index (χ0) is 15.4. The summed E-state index contributed by atoms with van der Waals surface area (Å²) in [6.07, 6.45) is 3.33. The van der Waals surface area contributed by atoms with Crippen LogP contribution in [0.2, 0.25) is 0 Å². The number of anilines is 3. The van der Waals surface area contributed by atoms with Crippen molar-refractivity contribution in [3.05, 3.63) is 36.4 Å². The van der Waals surface area contributed by atoms with E-state index in [1.165, 1.54) is 0 Å². The van der Waals surface area contributed by atoms with Crippen molar-refractivity contribution in [1.29, 1.82) is 0 Å². The number of nitrogen functional groups attached to an aromatic ring is 1. The van der Waals surface area contributed by atoms with Crippen LogP contribution < -0.4 is 16.0 Å². The molecule has 0 saturated carbocycles. The number of pyridine rings is 1. The Hall–Kier alpha value is -2.41. The molecule has 22 heavy (non-hydrogen) atoms. The van der Waals surface area contributed by atoms with Crippen molar-refractivity contribution < 1.29 is 0 Å². The fourth-order valence-corrected chi connectivity index (χ4v) is 2.47. The summed E-state index contributed by atoms with van der Waals surface area (Å²) in [4.78, 5) is 17.4. The van der Waals surface area contributed by atoms with Gasteiger partial charge in [-0.05, 0) is 19.2 Å². The lowest BCUT2D eigenvalue weighted by atomic mass is 10.3. The molecule has 2 aromatic heterocycles. The Kier molecular flexibility index (Phi) is 4.34. The van der Waals surface area contributed by atoms with Crippen LogP contribution in [0.1, 0.15) is 5.69 Å². The average Bonchev–Trinajstić information content (AvgIpc) is 2.56. The fourth-order valence-electron chi connectivity index (χ4n) is 2.47. The van der Waals surface area contributed by atoms with Gasteiger partial charge in [0, 0.05) is 32.4 Å². The summed E-state index contributed by atoms with van der Waals surface area (Å²) in [7, 11) is 2.13. The van der Waals surface area contributed by atoms with E-state index in [0.29, 0.717) is 18.1 Å². The number of nitrogens with two attached hydrogens (primary N) is 1. The first-order valence-electron chi connectivity index (χ1n) is 7.42. The largest absolute Gasteiger partial charge is 0.393 e. The number of nitrogens with one attached hydrogen (secondary N) is 1. The van der Waals surface area contributed by atoms with Crippen molar-refractivity contribution >= 4 is 17.3 Å². The minimum absolute atomic E-state index is 0.588. The van der Waals surface area contributed by atoms with Gasteiger partial charge < -0.3 is 20.9 Å². The Labute approximate surface area is 130 Å². The van der Waals surface area contributed by atoms with Crippen LogP contribution in [-0.2, 0) is 6.54 Å². The number of nitrogens with zero attached hydrogens (tertiary/aromatic N) is 5. The SMILES string of the molecule is CN1CCN(c2ncnc(NCc3ccccn3)c2N)CC1. The van der Waals surface area contributed by atoms with Gasteiger partial charge in [-0.25, -0.2) is 9.97 Å². The lowest BCUT2D eigenvalue weighted by Crippen LogP contribution is -2.45. The molecule has 0 amide bonds. The molecule has 2 aromatic rings. The van der Waals surface area contributed by atoms with Gasteiger partial charge in [-0.1, -0.05) is 6.07 Å². The molecule has 0 spiro atoms. The van der Waals surface area contributed by atoms with Crippen LogP contribution in [0.3, 0.4) is 0 Å². The highest BCUT2D eigenvalue weighted by molar-refractivity contribution is 5.75. The summed E-state index contributed by atoms with van der Waals surface area (Å²) < 4.78 is 0. The summed E-state index contributed by atoms with van der Waals surface area (Å²) in [5.41, 5.74) is 7.80. The molecular formula is C15H21N7. The Bertz CT molecular complexity index is 609. The molecule has 0 bridgehead atoms. The van der Waals surface area contributed by atoms with E-state index in [2.05, 4.69) is 37.1 Å². The molecule has 3 heterocycles. The number of piperazine rings is 1. The van der Waals surface area contributed by atoms with E-state index in [9.17, 15) is 0 Å². The number of likely N-dealkylation sites (N-methyl/N-ethyl adjacent to an activating group) is 1. The van der Waals surface area contributed by atoms with Crippen molar-refractivity contribution in [2.75, 3.05) is 49.2 Å². The number of hydrogen-bond acceptors (Lipinski definition) is 7. The zero-order valence-corrected chi connectivity index (χ0v) is 12.7. The monoisotopic (exact) mass is 299 g/mol. The molecule has 3 rings (SSSR count). The van der Waals surface area contributed by atoms with Crippen LogP contribution >= 0.6 is 0 Å². The Morgan fingerprint density at radius 3 is 2.68 bits per heavy atom. The topological polar surface area (TPSA) is 83.2 Å². The lowest BCUT2D eigenvalue weighted by Gasteiger charge is -2.33. The molecule has 1 aliphatic rings. The Morgan fingerprint density at radius 1 is 1.14 bits per heavy atom. The van der Waals surface area contributed by atoms with Crippen LogP contribution in [0.25, 0.3) is 0 Å². The van der Waals surface area contributed by atoms with Gasteiger partial charge in [0.15, 0.2) is 11.6 Å². The zero-order valence-electron chi connectivity index (χ0n) is 12.7. The second-order valence-electron chi connectivity index (χ2n) is 5.42. The highest BCUT2D eigenvalue weighted by atomic mass is 15.3. The molecule has 1 saturated heterocycles. The van der Waals surface area contributed by atoms with E-state index >= 15 is 0 Å². The molecule has 7 nitrogen and oxygen atoms in total. The third kappa shape index (κ3) is 3.25. The summed E-state index contributed by atoms with van der Waals surface area (Å²) in [5, 5.41) is 3.24. The molecule has 1 fully saturated rings. The average molecular weight is 299 g/mol. The predicted molar refractivity (Wildman–Crippen MR) is 87.7 cm³/mol. The van der Waals surface area contributed by atoms with E-state index in [0.717, 1.165) is 37.7 Å². The third-order valence-electron chi connectivity index (χ3n) is 3.83. The smallest absolute Gasteiger partial charge is 0.157 e. The van der Waals surface area contributed by atoms with Crippen LogP contribution in [0.15, 0.2) is 30.7 Å². The maximum Gasteiger partial charge on any atom is 0.157 e. The molecular weight excluding hydrogens is 278 g/mol. The molecule has 0 aliphatic carbocycles. The summed E-state index contributed by atoms with van der Waals surface area (Å²) in [6.45, 7) is 4.47. The quantitative estimate of drug-likeness (QED) is 0.864. The first kappa shape index (κ1) is 14.5. The van der Waals surface area contributed by atoms with Gasteiger partial charge >= 0.3 is 0 Å². The van der Waals surface area contributed by atoms with Crippen molar-refractivity contribution in [2.45, 2.75) is 6.54 Å². The normalized spacial score (nSPS) is 15.8. The second kappa shape index (κ2) is 6.57. The molecule has 0 atom stereocenters. The highest BCUT2D eigenvalue weighted by Gasteiger charge is 2.19. The van der Waals surface area contributed by atoms with Crippen LogP contribution in [-0.4, -0.2) is 53.1 Å². The van der Waals surface area contributed by atoms with E-state index in [4.69, 9.17) is 5.73 Å². The molecule has 116 valence electrons. The lowest BCUT2D eigenvalue weighted by molar-refractivity contribution is 0.312. The number of aromatic nitrogens is 3. The molecule has 0 radical (unpaired) electrons. The number of hydrogen-bond donors (Lipinski definition) is 2. The third-order valence-corrected chi connectivity index (χ3v) is 3.83. The predicted octanol–water partition coefficient (Wildman–Crippen LogP) is 0.818. The van der Waals surface area contributed by atoms with Crippen LogP contribution in [0.5, 0.6) is 0 Å². The second-order valence-corrected chi connectivity index (χ2v) is 5.42. The van der Waals surface area contributed by atoms with Gasteiger partial charge in [0.25, 0.3) is 0 Å². The molecule has 1 aliphatic heterocycles. The van der Waals surface area contributed by atoms with E-state index < -0.39 is 0 Å². The standard InChI is InChI=1S/C15H21N7/c1-21-6-8-22(9-7-21)15-13(16)14(19-11-20-15)18-10-12-4-2-3-5-17-12/h2-5,11H,6-10,16H2,1H3,(H,18,19,20). The molecule has 3 N–H and O–H groups in total. The maximum absolute atomic E-state index is 6.25. The Morgan fingerprint density at radius 2 is 1.95 bits per heavy atom. The van der Waals surface area contributed by atoms with Gasteiger partial charge in [-0.15, -0.1) is 0 Å².